The van der Waals surface area contributed by atoms with Crippen molar-refractivity contribution in [3.8, 4) is 17.1 Å². The molecule has 0 spiro atoms. The Morgan fingerprint density at radius 3 is 2.40 bits per heavy atom. The smallest absolute Gasteiger partial charge is 0.404 e. The molecule has 6 atom stereocenters. The van der Waals surface area contributed by atoms with Gasteiger partial charge in [-0.3, -0.25) is 19.6 Å². The highest BCUT2D eigenvalue weighted by atomic mass is 19.4. The number of halogens is 5. The second-order valence-corrected chi connectivity index (χ2v) is 12.5. The molecule has 2 N–H and O–H groups in total. The van der Waals surface area contributed by atoms with Gasteiger partial charge in [0.05, 0.1) is 19.0 Å². The Morgan fingerprint density at radius 2 is 1.79 bits per heavy atom. The highest BCUT2D eigenvalue weighted by Crippen LogP contribution is 2.50. The number of hydrogen-bond donors (Lipinski definition) is 2. The molecule has 3 heterocycles. The number of piperidine rings is 1. The van der Waals surface area contributed by atoms with Crippen LogP contribution in [0, 0.1) is 29.5 Å². The maximum absolute atomic E-state index is 14.4. The van der Waals surface area contributed by atoms with Crippen LogP contribution in [0.3, 0.4) is 0 Å². The van der Waals surface area contributed by atoms with Crippen molar-refractivity contribution in [2.75, 3.05) is 20.2 Å². The summed E-state index contributed by atoms with van der Waals surface area (Å²) < 4.78 is 74.5. The van der Waals surface area contributed by atoms with Crippen molar-refractivity contribution in [3.05, 3.63) is 29.8 Å². The number of amides is 1. The van der Waals surface area contributed by atoms with Crippen LogP contribution in [-0.4, -0.2) is 75.9 Å². The molecule has 2 saturated carbocycles. The molecule has 2 aliphatic carbocycles. The van der Waals surface area contributed by atoms with Gasteiger partial charge in [0.25, 0.3) is 0 Å². The maximum atomic E-state index is 14.4. The molecular formula is C29H36F5N5O3. The molecule has 42 heavy (non-hydrogen) atoms. The molecule has 8 nitrogen and oxygen atoms in total. The van der Waals surface area contributed by atoms with Gasteiger partial charge in [-0.1, -0.05) is 0 Å². The maximum Gasteiger partial charge on any atom is 0.404 e. The highest BCUT2D eigenvalue weighted by Gasteiger charge is 2.50. The average Bonchev–Trinajstić information content (AvgIpc) is 3.49. The molecule has 1 unspecified atom stereocenters. The zero-order valence-corrected chi connectivity index (χ0v) is 23.8. The third-order valence-electron chi connectivity index (χ3n) is 8.92. The van der Waals surface area contributed by atoms with Crippen molar-refractivity contribution in [3.63, 3.8) is 0 Å². The molecule has 1 saturated heterocycles. The van der Waals surface area contributed by atoms with E-state index in [1.54, 1.807) is 0 Å². The first-order valence-corrected chi connectivity index (χ1v) is 14.3. The first kappa shape index (κ1) is 30.4. The van der Waals surface area contributed by atoms with E-state index in [1.165, 1.54) is 33.1 Å². The normalized spacial score (nSPS) is 28.5. The summed E-state index contributed by atoms with van der Waals surface area (Å²) in [6.45, 7) is 2.04. The second kappa shape index (κ2) is 11.5. The topological polar surface area (TPSA) is 100 Å². The average molecular weight is 598 g/mol. The van der Waals surface area contributed by atoms with Gasteiger partial charge in [-0.25, -0.2) is 13.8 Å². The lowest BCUT2D eigenvalue weighted by atomic mass is 9.70. The lowest BCUT2D eigenvalue weighted by Gasteiger charge is -2.42. The molecule has 2 aromatic rings. The number of aromatic amines is 1. The number of pyridine rings is 1. The SMILES string of the molecule is COc1cc(-c2cc(C(=O)C3[C@@H]4CC[C@H]3C[C@H](C(=O)N[C@@H]3CC[C@H](C(F)(F)F)N(CC(C)(C)F)C3)C4)n[nH]2)c(F)cn1. The summed E-state index contributed by atoms with van der Waals surface area (Å²) in [4.78, 5) is 31.7. The Bertz CT molecular complexity index is 1300. The molecule has 13 heteroatoms. The van der Waals surface area contributed by atoms with Crippen LogP contribution in [0.15, 0.2) is 18.3 Å². The van der Waals surface area contributed by atoms with Crippen LogP contribution >= 0.6 is 0 Å². The molecule has 3 fully saturated rings. The van der Waals surface area contributed by atoms with Crippen molar-refractivity contribution in [2.24, 2.45) is 23.7 Å². The quantitative estimate of drug-likeness (QED) is 0.324. The van der Waals surface area contributed by atoms with Gasteiger partial charge in [0.2, 0.25) is 11.8 Å². The number of Topliss-reactive ketones (excluding diaryl/α,β-unsaturated/α-hetero) is 1. The second-order valence-electron chi connectivity index (χ2n) is 12.5. The Hall–Kier alpha value is -3.09. The lowest BCUT2D eigenvalue weighted by Crippen LogP contribution is -2.59. The van der Waals surface area contributed by atoms with Crippen LogP contribution in [0.5, 0.6) is 5.88 Å². The van der Waals surface area contributed by atoms with Gasteiger partial charge in [-0.05, 0) is 70.3 Å². The molecular weight excluding hydrogens is 561 g/mol. The van der Waals surface area contributed by atoms with E-state index < -0.39 is 29.7 Å². The number of H-pyrrole nitrogens is 1. The van der Waals surface area contributed by atoms with Crippen LogP contribution in [0.25, 0.3) is 11.3 Å². The van der Waals surface area contributed by atoms with E-state index in [0.717, 1.165) is 23.9 Å². The Kier molecular flexibility index (Phi) is 8.34. The third kappa shape index (κ3) is 6.45. The Labute approximate surface area is 240 Å². The monoisotopic (exact) mass is 597 g/mol. The fourth-order valence-corrected chi connectivity index (χ4v) is 7.17. The van der Waals surface area contributed by atoms with Gasteiger partial charge < -0.3 is 10.1 Å². The summed E-state index contributed by atoms with van der Waals surface area (Å²) in [5.74, 6) is -1.48. The number of nitrogens with one attached hydrogen (secondary N) is 2. The van der Waals surface area contributed by atoms with Crippen LogP contribution < -0.4 is 10.1 Å². The summed E-state index contributed by atoms with van der Waals surface area (Å²) in [5.41, 5.74) is -1.12. The van der Waals surface area contributed by atoms with E-state index in [-0.39, 0.29) is 78.4 Å². The number of likely N-dealkylation sites (tertiary alicyclic amines) is 1. The molecule has 0 radical (unpaired) electrons. The number of carbonyl (C=O) groups excluding carboxylic acids is 2. The van der Waals surface area contributed by atoms with Crippen molar-refractivity contribution in [2.45, 2.75) is 76.3 Å². The zero-order chi connectivity index (χ0) is 30.4. The molecule has 1 aliphatic heterocycles. The highest BCUT2D eigenvalue weighted by molar-refractivity contribution is 5.98. The molecule has 2 aromatic heterocycles. The molecule has 3 aliphatic rings. The first-order chi connectivity index (χ1) is 19.7. The number of alkyl halides is 4. The number of rotatable bonds is 8. The minimum Gasteiger partial charge on any atom is -0.481 e. The molecule has 1 amide bonds. The Balaban J connectivity index is 1.22. The van der Waals surface area contributed by atoms with Gasteiger partial charge in [0.1, 0.15) is 17.4 Å². The molecule has 2 bridgehead atoms. The van der Waals surface area contributed by atoms with Crippen molar-refractivity contribution >= 4 is 11.7 Å². The van der Waals surface area contributed by atoms with Crippen LogP contribution in [0.4, 0.5) is 22.0 Å². The van der Waals surface area contributed by atoms with Crippen LogP contribution in [0.1, 0.15) is 62.9 Å². The number of hydrogen-bond acceptors (Lipinski definition) is 6. The standard InChI is InChI=1S/C29H36F5N5O3/c1-28(2,31)14-39-13-18(6-7-23(39)29(32,33)34)36-27(41)17-8-15-4-5-16(9-17)25(15)26(40)22-11-21(37-38-22)19-10-24(42-3)35-12-20(19)30/h10-12,15-18,23,25H,4-9,13-14H2,1-3H3,(H,36,41)(H,37,38)/t15-,16+,17-,18-,23-,25?/m1/s1. The van der Waals surface area contributed by atoms with Crippen molar-refractivity contribution in [1.29, 1.82) is 0 Å². The predicted octanol–water partition coefficient (Wildman–Crippen LogP) is 5.11. The fourth-order valence-electron chi connectivity index (χ4n) is 7.17. The summed E-state index contributed by atoms with van der Waals surface area (Å²) in [5, 5.41) is 9.82. The van der Waals surface area contributed by atoms with Gasteiger partial charge in [-0.2, -0.15) is 18.3 Å². The molecule has 0 aromatic carbocycles. The van der Waals surface area contributed by atoms with E-state index in [0.29, 0.717) is 18.5 Å². The van der Waals surface area contributed by atoms with Crippen LogP contribution in [0.2, 0.25) is 0 Å². The third-order valence-corrected chi connectivity index (χ3v) is 8.92. The van der Waals surface area contributed by atoms with E-state index in [4.69, 9.17) is 4.74 Å². The fraction of sp³-hybridized carbons (Fsp3) is 0.655. The van der Waals surface area contributed by atoms with Crippen molar-refractivity contribution in [1.82, 2.24) is 25.4 Å². The minimum absolute atomic E-state index is 0.0327. The number of aromatic nitrogens is 3. The van der Waals surface area contributed by atoms with E-state index in [2.05, 4.69) is 20.5 Å². The number of nitrogens with zero attached hydrogens (tertiary/aromatic N) is 3. The van der Waals surface area contributed by atoms with Crippen LogP contribution in [-0.2, 0) is 4.79 Å². The first-order valence-electron chi connectivity index (χ1n) is 14.3. The summed E-state index contributed by atoms with van der Waals surface area (Å²) in [6, 6.07) is 0.681. The number of carbonyl (C=O) groups is 2. The van der Waals surface area contributed by atoms with Crippen molar-refractivity contribution < 1.29 is 36.3 Å². The van der Waals surface area contributed by atoms with Gasteiger partial charge in [-0.15, -0.1) is 0 Å². The van der Waals surface area contributed by atoms with Gasteiger partial charge in [0, 0.05) is 42.6 Å². The summed E-state index contributed by atoms with van der Waals surface area (Å²) in [7, 11) is 1.42. The lowest BCUT2D eigenvalue weighted by molar-refractivity contribution is -0.196. The predicted molar refractivity (Wildman–Crippen MR) is 143 cm³/mol. The van der Waals surface area contributed by atoms with E-state index in [9.17, 15) is 31.5 Å². The minimum atomic E-state index is -4.47. The Morgan fingerprint density at radius 1 is 1.10 bits per heavy atom. The molecule has 5 rings (SSSR count). The largest absolute Gasteiger partial charge is 0.481 e. The summed E-state index contributed by atoms with van der Waals surface area (Å²) >= 11 is 0. The zero-order valence-electron chi connectivity index (χ0n) is 23.8. The summed E-state index contributed by atoms with van der Waals surface area (Å²) in [6.07, 6.45) is -0.938. The number of ether oxygens (including phenoxy) is 1. The molecule has 230 valence electrons. The van der Waals surface area contributed by atoms with Gasteiger partial charge in [0.15, 0.2) is 11.6 Å². The van der Waals surface area contributed by atoms with Gasteiger partial charge >= 0.3 is 6.18 Å². The number of ketones is 1. The number of fused-ring (bicyclic) bond motifs is 2. The number of methoxy groups -OCH3 is 1. The van der Waals surface area contributed by atoms with E-state index >= 15 is 0 Å². The van der Waals surface area contributed by atoms with E-state index in [1.807, 2.05) is 0 Å².